The molecule has 1 rings (SSSR count). The zero-order valence-electron chi connectivity index (χ0n) is 11.3. The molecular formula is C13H17F2NO3S. The van der Waals surface area contributed by atoms with E-state index in [4.69, 9.17) is 0 Å². The first-order chi connectivity index (χ1) is 9.32. The second-order valence-electron chi connectivity index (χ2n) is 4.20. The van der Waals surface area contributed by atoms with Gasteiger partial charge >= 0.3 is 10.1 Å². The molecule has 0 saturated carbocycles. The molecule has 0 atom stereocenters. The van der Waals surface area contributed by atoms with Crippen LogP contribution in [0.15, 0.2) is 35.5 Å². The van der Waals surface area contributed by atoms with Gasteiger partial charge in [-0.1, -0.05) is 49.3 Å². The van der Waals surface area contributed by atoms with Crippen molar-refractivity contribution in [2.24, 2.45) is 5.16 Å². The first-order valence-corrected chi connectivity index (χ1v) is 7.83. The van der Waals surface area contributed by atoms with Crippen LogP contribution in [0.25, 0.3) is 0 Å². The summed E-state index contributed by atoms with van der Waals surface area (Å²) in [5.74, 6) is -3.53. The quantitative estimate of drug-likeness (QED) is 0.574. The smallest absolute Gasteiger partial charge is 0.268 e. The van der Waals surface area contributed by atoms with Crippen LogP contribution >= 0.6 is 0 Å². The van der Waals surface area contributed by atoms with E-state index in [0.29, 0.717) is 6.42 Å². The van der Waals surface area contributed by atoms with Crippen molar-refractivity contribution in [1.29, 1.82) is 0 Å². The topological polar surface area (TPSA) is 55.7 Å². The van der Waals surface area contributed by atoms with Crippen molar-refractivity contribution in [1.82, 2.24) is 0 Å². The van der Waals surface area contributed by atoms with Crippen LogP contribution in [0.4, 0.5) is 8.78 Å². The third-order valence-electron chi connectivity index (χ3n) is 2.53. The van der Waals surface area contributed by atoms with Crippen LogP contribution in [0, 0.1) is 0 Å². The van der Waals surface area contributed by atoms with Gasteiger partial charge in [-0.05, 0) is 6.42 Å². The zero-order chi connectivity index (χ0) is 15.2. The molecule has 0 fully saturated rings. The lowest BCUT2D eigenvalue weighted by molar-refractivity contribution is 0.0714. The van der Waals surface area contributed by atoms with Crippen LogP contribution in [0.5, 0.6) is 0 Å². The second-order valence-corrected chi connectivity index (χ2v) is 5.87. The van der Waals surface area contributed by atoms with Gasteiger partial charge in [0, 0.05) is 12.0 Å². The summed E-state index contributed by atoms with van der Waals surface area (Å²) in [5.41, 5.74) is -0.550. The summed E-state index contributed by atoms with van der Waals surface area (Å²) in [5, 5.41) is 3.21. The Kier molecular flexibility index (Phi) is 5.62. The molecule has 7 heteroatoms. The number of rotatable bonds is 7. The first-order valence-electron chi connectivity index (χ1n) is 6.25. The van der Waals surface area contributed by atoms with E-state index in [1.54, 1.807) is 25.1 Å². The maximum atomic E-state index is 13.9. The molecular weight excluding hydrogens is 288 g/mol. The molecule has 4 nitrogen and oxygen atoms in total. The van der Waals surface area contributed by atoms with Crippen molar-refractivity contribution in [3.8, 4) is 0 Å². The van der Waals surface area contributed by atoms with Crippen LogP contribution in [-0.4, -0.2) is 25.8 Å². The number of hydrogen-bond acceptors (Lipinski definition) is 4. The lowest BCUT2D eigenvalue weighted by atomic mass is 10.0. The number of benzene rings is 1. The predicted molar refractivity (Wildman–Crippen MR) is 73.4 cm³/mol. The van der Waals surface area contributed by atoms with Crippen molar-refractivity contribution in [3.05, 3.63) is 35.9 Å². The Morgan fingerprint density at radius 1 is 1.25 bits per heavy atom. The van der Waals surface area contributed by atoms with E-state index < -0.39 is 28.2 Å². The van der Waals surface area contributed by atoms with Gasteiger partial charge in [0.1, 0.15) is 0 Å². The highest BCUT2D eigenvalue weighted by molar-refractivity contribution is 7.86. The molecule has 0 aliphatic rings. The maximum absolute atomic E-state index is 13.9. The fourth-order valence-corrected chi connectivity index (χ4v) is 2.24. The predicted octanol–water partition coefficient (Wildman–Crippen LogP) is 3.19. The van der Waals surface area contributed by atoms with E-state index in [0.717, 1.165) is 0 Å². The monoisotopic (exact) mass is 305 g/mol. The molecule has 0 aliphatic heterocycles. The largest absolute Gasteiger partial charge is 0.328 e. The Balaban J connectivity index is 3.13. The average molecular weight is 305 g/mol. The van der Waals surface area contributed by atoms with Crippen molar-refractivity contribution >= 4 is 15.8 Å². The lowest BCUT2D eigenvalue weighted by Crippen LogP contribution is -2.29. The van der Waals surface area contributed by atoms with E-state index in [1.165, 1.54) is 19.1 Å². The van der Waals surface area contributed by atoms with Crippen LogP contribution < -0.4 is 0 Å². The molecule has 0 bridgehead atoms. The highest BCUT2D eigenvalue weighted by Crippen LogP contribution is 2.25. The third kappa shape index (κ3) is 4.56. The second kappa shape index (κ2) is 6.78. The summed E-state index contributed by atoms with van der Waals surface area (Å²) >= 11 is 0. The SMILES string of the molecule is CCCS(=O)(=O)ON=C(c1ccccc1)C(F)(F)CC. The molecule has 0 N–H and O–H groups in total. The van der Waals surface area contributed by atoms with E-state index >= 15 is 0 Å². The van der Waals surface area contributed by atoms with E-state index in [1.807, 2.05) is 0 Å². The Labute approximate surface area is 117 Å². The van der Waals surface area contributed by atoms with E-state index in [2.05, 4.69) is 9.44 Å². The highest BCUT2D eigenvalue weighted by Gasteiger charge is 2.36. The molecule has 0 amide bonds. The molecule has 1 aromatic rings. The van der Waals surface area contributed by atoms with Gasteiger partial charge < -0.3 is 0 Å². The van der Waals surface area contributed by atoms with Crippen LogP contribution in [-0.2, 0) is 14.4 Å². The van der Waals surface area contributed by atoms with Crippen molar-refractivity contribution in [2.45, 2.75) is 32.6 Å². The molecule has 20 heavy (non-hydrogen) atoms. The van der Waals surface area contributed by atoms with Crippen LogP contribution in [0.3, 0.4) is 0 Å². The number of alkyl halides is 2. The van der Waals surface area contributed by atoms with Gasteiger partial charge in [-0.25, -0.2) is 0 Å². The van der Waals surface area contributed by atoms with E-state index in [-0.39, 0.29) is 11.3 Å². The number of oxime groups is 1. The number of halogens is 2. The van der Waals surface area contributed by atoms with Gasteiger partial charge in [-0.15, -0.1) is 0 Å². The summed E-state index contributed by atoms with van der Waals surface area (Å²) < 4.78 is 54.9. The number of hydrogen-bond donors (Lipinski definition) is 0. The Morgan fingerprint density at radius 2 is 1.85 bits per heavy atom. The molecule has 0 unspecified atom stereocenters. The highest BCUT2D eigenvalue weighted by atomic mass is 32.2. The molecule has 1 aromatic carbocycles. The summed E-state index contributed by atoms with van der Waals surface area (Å²) in [7, 11) is -3.92. The van der Waals surface area contributed by atoms with Gasteiger partial charge in [-0.2, -0.15) is 17.2 Å². The van der Waals surface area contributed by atoms with Crippen LogP contribution in [0.1, 0.15) is 32.3 Å². The third-order valence-corrected chi connectivity index (χ3v) is 3.74. The molecule has 0 heterocycles. The summed E-state index contributed by atoms with van der Waals surface area (Å²) in [6.07, 6.45) is -0.180. The molecule has 0 aromatic heterocycles. The van der Waals surface area contributed by atoms with Gasteiger partial charge in [0.15, 0.2) is 5.71 Å². The fourth-order valence-electron chi connectivity index (χ4n) is 1.48. The Morgan fingerprint density at radius 3 is 2.35 bits per heavy atom. The number of nitrogens with zero attached hydrogens (tertiary/aromatic N) is 1. The summed E-state index contributed by atoms with van der Waals surface area (Å²) in [6, 6.07) is 7.66. The molecule has 0 radical (unpaired) electrons. The van der Waals surface area contributed by atoms with Crippen molar-refractivity contribution < 1.29 is 21.5 Å². The molecule has 0 saturated heterocycles. The van der Waals surface area contributed by atoms with Crippen molar-refractivity contribution in [2.75, 3.05) is 5.75 Å². The van der Waals surface area contributed by atoms with E-state index in [9.17, 15) is 17.2 Å². The van der Waals surface area contributed by atoms with Gasteiger partial charge in [0.05, 0.1) is 5.75 Å². The fraction of sp³-hybridized carbons (Fsp3) is 0.462. The minimum atomic E-state index is -3.92. The minimum Gasteiger partial charge on any atom is -0.268 e. The zero-order valence-corrected chi connectivity index (χ0v) is 12.2. The maximum Gasteiger partial charge on any atom is 0.328 e. The first kappa shape index (κ1) is 16.6. The average Bonchev–Trinajstić information content (AvgIpc) is 2.39. The van der Waals surface area contributed by atoms with Gasteiger partial charge in [0.2, 0.25) is 0 Å². The van der Waals surface area contributed by atoms with Gasteiger partial charge in [-0.3, -0.25) is 4.28 Å². The van der Waals surface area contributed by atoms with Crippen molar-refractivity contribution in [3.63, 3.8) is 0 Å². The minimum absolute atomic E-state index is 0.131. The lowest BCUT2D eigenvalue weighted by Gasteiger charge is -2.16. The molecule has 0 spiro atoms. The molecule has 112 valence electrons. The Hall–Kier alpha value is -1.50. The summed E-state index contributed by atoms with van der Waals surface area (Å²) in [6.45, 7) is 2.93. The Bertz CT molecular complexity index is 556. The summed E-state index contributed by atoms with van der Waals surface area (Å²) in [4.78, 5) is 0. The van der Waals surface area contributed by atoms with Gasteiger partial charge in [0.25, 0.3) is 5.92 Å². The standard InChI is InChI=1S/C13H17F2NO3S/c1-3-10-20(17,18)19-16-12(13(14,15)4-2)11-8-6-5-7-9-11/h5-9H,3-4,10H2,1-2H3. The normalized spacial score (nSPS) is 13.3. The molecule has 0 aliphatic carbocycles. The van der Waals surface area contributed by atoms with Crippen LogP contribution in [0.2, 0.25) is 0 Å².